The van der Waals surface area contributed by atoms with E-state index in [2.05, 4.69) is 85.8 Å². The molecule has 0 N–H and O–H groups in total. The molecule has 35 heavy (non-hydrogen) atoms. The van der Waals surface area contributed by atoms with Crippen LogP contribution in [-0.4, -0.2) is 64.8 Å². The van der Waals surface area contributed by atoms with Gasteiger partial charge in [0.25, 0.3) is 0 Å². The molecular weight excluding hydrogens is 446 g/mol. The van der Waals surface area contributed by atoms with Gasteiger partial charge in [-0.15, -0.1) is 5.10 Å². The summed E-state index contributed by atoms with van der Waals surface area (Å²) in [5, 5.41) is 12.5. The number of rotatable bonds is 3. The van der Waals surface area contributed by atoms with Crippen LogP contribution in [0, 0.1) is 0 Å². The molecule has 0 amide bonds. The number of nitrogens with zero attached hydrogens (tertiary/aromatic N) is 9. The molecule has 0 fully saturated rings. The van der Waals surface area contributed by atoms with Gasteiger partial charge in [0.15, 0.2) is 11.6 Å². The van der Waals surface area contributed by atoms with Crippen molar-refractivity contribution in [2.75, 3.05) is 20.6 Å². The maximum atomic E-state index is 10.8. The molecule has 0 atom stereocenters. The third-order valence-corrected chi connectivity index (χ3v) is 4.58. The van der Waals surface area contributed by atoms with Gasteiger partial charge in [0.1, 0.15) is 12.7 Å². The lowest BCUT2D eigenvalue weighted by Gasteiger charge is -2.12. The lowest BCUT2D eigenvalue weighted by Crippen LogP contribution is -2.19. The Morgan fingerprint density at radius 2 is 1.31 bits per heavy atom. The van der Waals surface area contributed by atoms with E-state index in [4.69, 9.17) is 4.42 Å². The van der Waals surface area contributed by atoms with Crippen molar-refractivity contribution in [1.29, 1.82) is 0 Å². The maximum absolute atomic E-state index is 10.8. The summed E-state index contributed by atoms with van der Waals surface area (Å²) in [7, 11) is 7.56. The Bertz CT molecular complexity index is 1080. The van der Waals surface area contributed by atoms with Gasteiger partial charge in [0.05, 0.1) is 6.54 Å². The van der Waals surface area contributed by atoms with Crippen molar-refractivity contribution in [3.8, 4) is 0 Å². The van der Waals surface area contributed by atoms with Gasteiger partial charge in [-0.2, -0.15) is 14.9 Å². The normalized spacial score (nSPS) is 12.2. The molecule has 0 saturated heterocycles. The topological polar surface area (TPSA) is 113 Å². The summed E-state index contributed by atoms with van der Waals surface area (Å²) >= 11 is 0. The molecule has 0 unspecified atom stereocenters. The van der Waals surface area contributed by atoms with E-state index in [-0.39, 0.29) is 16.2 Å². The molecule has 3 rings (SSSR count). The summed E-state index contributed by atoms with van der Waals surface area (Å²) in [5.41, 5.74) is -0.0783. The molecule has 0 spiro atoms. The highest BCUT2D eigenvalue weighted by Crippen LogP contribution is 2.18. The van der Waals surface area contributed by atoms with E-state index in [0.717, 1.165) is 24.7 Å². The highest BCUT2D eigenvalue weighted by molar-refractivity contribution is 4.99. The standard InChI is InChI=1S/C10H20N4.C7H13N3.C7H12N2O2/c1-10(2,3)9-11-8-14(12-9)7-6-13(4)5;1-7(2,3)6-8-5-10(4)9-6;1-7(2,3)5-8-9(4)6(10)11-5/h8H,6-7H2,1-5H3;5H,1-4H3;1-4H3. The highest BCUT2D eigenvalue weighted by atomic mass is 16.4. The molecule has 11 nitrogen and oxygen atoms in total. The van der Waals surface area contributed by atoms with Crippen LogP contribution in [0.5, 0.6) is 0 Å². The number of aryl methyl sites for hydroxylation is 2. The Labute approximate surface area is 209 Å². The number of hydrogen-bond acceptors (Lipinski definition) is 8. The minimum atomic E-state index is -0.407. The van der Waals surface area contributed by atoms with Crippen LogP contribution < -0.4 is 5.76 Å². The SMILES string of the molecule is CN(C)CCn1cnc(C(C)(C)C)n1.Cn1cnc(C(C)(C)C)n1.Cn1nc(C(C)(C)C)oc1=O. The van der Waals surface area contributed by atoms with Crippen LogP contribution in [0.2, 0.25) is 0 Å². The molecule has 0 aliphatic rings. The first-order valence-corrected chi connectivity index (χ1v) is 11.8. The molecule has 0 aliphatic heterocycles. The van der Waals surface area contributed by atoms with Crippen LogP contribution >= 0.6 is 0 Å². The zero-order valence-electron chi connectivity index (χ0n) is 23.9. The van der Waals surface area contributed by atoms with Crippen LogP contribution in [0.4, 0.5) is 0 Å². The summed E-state index contributed by atoms with van der Waals surface area (Å²) in [5.74, 6) is 1.88. The summed E-state index contributed by atoms with van der Waals surface area (Å²) in [6.45, 7) is 20.4. The molecule has 3 aromatic rings. The van der Waals surface area contributed by atoms with Gasteiger partial charge in [-0.1, -0.05) is 62.3 Å². The molecule has 0 radical (unpaired) electrons. The molecule has 0 aromatic carbocycles. The van der Waals surface area contributed by atoms with Gasteiger partial charge in [0.2, 0.25) is 5.89 Å². The smallest absolute Gasteiger partial charge is 0.392 e. The summed E-state index contributed by atoms with van der Waals surface area (Å²) in [6.07, 6.45) is 3.53. The first-order chi connectivity index (χ1) is 15.8. The predicted octanol–water partition coefficient (Wildman–Crippen LogP) is 2.92. The largest absolute Gasteiger partial charge is 0.436 e. The van der Waals surface area contributed by atoms with Gasteiger partial charge in [-0.05, 0) is 14.1 Å². The molecule has 0 aliphatic carbocycles. The van der Waals surface area contributed by atoms with Crippen molar-refractivity contribution >= 4 is 0 Å². The molecule has 11 heteroatoms. The van der Waals surface area contributed by atoms with Crippen molar-refractivity contribution in [2.45, 2.75) is 85.1 Å². The van der Waals surface area contributed by atoms with E-state index in [1.165, 1.54) is 4.68 Å². The fourth-order valence-corrected chi connectivity index (χ4v) is 2.38. The van der Waals surface area contributed by atoms with Crippen LogP contribution in [0.3, 0.4) is 0 Å². The number of hydrogen-bond donors (Lipinski definition) is 0. The van der Waals surface area contributed by atoms with Crippen molar-refractivity contribution in [2.24, 2.45) is 14.1 Å². The zero-order valence-corrected chi connectivity index (χ0v) is 23.9. The molecule has 0 bridgehead atoms. The highest BCUT2D eigenvalue weighted by Gasteiger charge is 2.21. The van der Waals surface area contributed by atoms with E-state index in [0.29, 0.717) is 5.89 Å². The number of aromatic nitrogens is 8. The quantitative estimate of drug-likeness (QED) is 0.550. The Balaban J connectivity index is 0.000000267. The Kier molecular flexibility index (Phi) is 10.1. The minimum absolute atomic E-state index is 0.0450. The second-order valence-corrected chi connectivity index (χ2v) is 11.9. The maximum Gasteiger partial charge on any atom is 0.436 e. The van der Waals surface area contributed by atoms with Gasteiger partial charge < -0.3 is 9.32 Å². The average molecular weight is 492 g/mol. The van der Waals surface area contributed by atoms with Crippen molar-refractivity contribution in [3.05, 3.63) is 40.7 Å². The lowest BCUT2D eigenvalue weighted by molar-refractivity contribution is 0.370. The second-order valence-electron chi connectivity index (χ2n) is 11.9. The predicted molar refractivity (Wildman–Crippen MR) is 137 cm³/mol. The summed E-state index contributed by atoms with van der Waals surface area (Å²) in [4.78, 5) is 21.4. The van der Waals surface area contributed by atoms with Crippen LogP contribution in [-0.2, 0) is 36.9 Å². The van der Waals surface area contributed by atoms with E-state index >= 15 is 0 Å². The van der Waals surface area contributed by atoms with Gasteiger partial charge in [-0.3, -0.25) is 9.36 Å². The van der Waals surface area contributed by atoms with E-state index in [1.54, 1.807) is 18.1 Å². The fraction of sp³-hybridized carbons (Fsp3) is 0.750. The first-order valence-electron chi connectivity index (χ1n) is 11.8. The Morgan fingerprint density at radius 1 is 0.800 bits per heavy atom. The van der Waals surface area contributed by atoms with E-state index in [1.807, 2.05) is 38.8 Å². The minimum Gasteiger partial charge on any atom is -0.392 e. The first kappa shape index (κ1) is 30.2. The van der Waals surface area contributed by atoms with Gasteiger partial charge in [0, 0.05) is 36.9 Å². The van der Waals surface area contributed by atoms with Gasteiger partial charge in [-0.25, -0.2) is 14.8 Å². The molecule has 198 valence electrons. The average Bonchev–Trinajstić information content (AvgIpc) is 3.41. The monoisotopic (exact) mass is 491 g/mol. The summed E-state index contributed by atoms with van der Waals surface area (Å²) in [6, 6.07) is 0. The number of likely N-dealkylation sites (N-methyl/N-ethyl adjacent to an activating group) is 1. The van der Waals surface area contributed by atoms with Crippen LogP contribution in [0.15, 0.2) is 21.9 Å². The molecule has 3 heterocycles. The zero-order chi connectivity index (χ0) is 27.2. The van der Waals surface area contributed by atoms with Crippen LogP contribution in [0.25, 0.3) is 0 Å². The fourth-order valence-electron chi connectivity index (χ4n) is 2.38. The van der Waals surface area contributed by atoms with E-state index in [9.17, 15) is 4.79 Å². The van der Waals surface area contributed by atoms with Crippen molar-refractivity contribution in [3.63, 3.8) is 0 Å². The van der Waals surface area contributed by atoms with Gasteiger partial charge >= 0.3 is 5.76 Å². The van der Waals surface area contributed by atoms with Crippen molar-refractivity contribution < 1.29 is 4.42 Å². The molecular formula is C24H45N9O2. The van der Waals surface area contributed by atoms with Crippen molar-refractivity contribution in [1.82, 2.24) is 44.2 Å². The van der Waals surface area contributed by atoms with Crippen LogP contribution in [0.1, 0.15) is 79.9 Å². The summed E-state index contributed by atoms with van der Waals surface area (Å²) < 4.78 is 9.70. The molecule has 3 aromatic heterocycles. The third kappa shape index (κ3) is 10.5. The molecule has 0 saturated carbocycles. The third-order valence-electron chi connectivity index (χ3n) is 4.58. The second kappa shape index (κ2) is 11.7. The van der Waals surface area contributed by atoms with E-state index < -0.39 is 5.76 Å². The Hall–Kier alpha value is -2.82. The lowest BCUT2D eigenvalue weighted by atomic mass is 9.96. The Morgan fingerprint density at radius 3 is 1.60 bits per heavy atom.